The Morgan fingerprint density at radius 3 is 1.34 bits per heavy atom. The third kappa shape index (κ3) is 5.19. The molecule has 2 atom stereocenters. The summed E-state index contributed by atoms with van der Waals surface area (Å²) in [6.45, 7) is 15.1. The molecule has 2 aliphatic heterocycles. The molecule has 11 heteroatoms. The summed E-state index contributed by atoms with van der Waals surface area (Å²) < 4.78 is 0. The highest BCUT2D eigenvalue weighted by atomic mass is 32.2. The first-order chi connectivity index (χ1) is 13.0. The van der Waals surface area contributed by atoms with Crippen molar-refractivity contribution in [1.82, 2.24) is 20.4 Å². The van der Waals surface area contributed by atoms with E-state index in [0.717, 1.165) is 45.4 Å². The van der Waals surface area contributed by atoms with Crippen LogP contribution in [0.3, 0.4) is 0 Å². The van der Waals surface area contributed by atoms with Crippen molar-refractivity contribution in [3.8, 4) is 0 Å². The van der Waals surface area contributed by atoms with Crippen LogP contribution in [0.1, 0.15) is 68.2 Å². The highest BCUT2D eigenvalue weighted by molar-refractivity contribution is 8.15. The van der Waals surface area contributed by atoms with E-state index in [1.807, 2.05) is 55.4 Å². The van der Waals surface area contributed by atoms with E-state index in [9.17, 15) is 20.0 Å². The molecule has 2 aliphatic rings. The van der Waals surface area contributed by atoms with E-state index in [1.54, 1.807) is 11.8 Å². The van der Waals surface area contributed by atoms with Gasteiger partial charge in [0, 0.05) is 0 Å². The van der Waals surface area contributed by atoms with Gasteiger partial charge >= 0.3 is 0 Å². The second-order valence-corrected chi connectivity index (χ2v) is 13.8. The average molecular weight is 467 g/mol. The van der Waals surface area contributed by atoms with Gasteiger partial charge in [-0.15, -0.1) is 0 Å². The Morgan fingerprint density at radius 1 is 0.793 bits per heavy atom. The number of hydrogen-bond acceptors (Lipinski definition) is 9. The molecule has 2 fully saturated rings. The molecule has 0 aromatic rings. The first-order valence-electron chi connectivity index (χ1n) is 9.65. The first-order valence-corrected chi connectivity index (χ1v) is 12.4. The van der Waals surface area contributed by atoms with E-state index in [-0.39, 0.29) is 10.5 Å². The van der Waals surface area contributed by atoms with Gasteiger partial charge < -0.3 is 0 Å². The number of rotatable bonds is 6. The van der Waals surface area contributed by atoms with E-state index in [4.69, 9.17) is 0 Å². The fourth-order valence-electron chi connectivity index (χ4n) is 3.17. The van der Waals surface area contributed by atoms with Crippen LogP contribution < -0.4 is 0 Å². The van der Waals surface area contributed by atoms with Crippen molar-refractivity contribution < 1.29 is 20.0 Å². The van der Waals surface area contributed by atoms with Crippen LogP contribution in [0.5, 0.6) is 0 Å². The largest absolute Gasteiger partial charge is 0.300 e. The van der Waals surface area contributed by atoms with Crippen molar-refractivity contribution in [2.45, 2.75) is 89.1 Å². The molecule has 0 aliphatic carbocycles. The molecule has 0 radical (unpaired) electrons. The lowest BCUT2D eigenvalue weighted by atomic mass is 10.1. The zero-order chi connectivity index (χ0) is 22.4. The van der Waals surface area contributed by atoms with Gasteiger partial charge in [0.15, 0.2) is 0 Å². The molecule has 0 aromatic carbocycles. The summed E-state index contributed by atoms with van der Waals surface area (Å²) in [7, 11) is 0. The zero-order valence-electron chi connectivity index (χ0n) is 18.6. The van der Waals surface area contributed by atoms with Crippen molar-refractivity contribution in [3.63, 3.8) is 0 Å². The lowest BCUT2D eigenvalue weighted by Gasteiger charge is -2.39. The topological polar surface area (TPSA) is 87.6 Å². The number of carbonyl (C=O) groups is 2. The molecule has 2 amide bonds. The number of hydrazine groups is 2. The van der Waals surface area contributed by atoms with Gasteiger partial charge in [0.2, 0.25) is 0 Å². The summed E-state index contributed by atoms with van der Waals surface area (Å²) in [5.74, 6) is 1.49. The molecule has 0 bridgehead atoms. The molecule has 168 valence electrons. The Labute approximate surface area is 186 Å². The molecule has 2 rings (SSSR count). The van der Waals surface area contributed by atoms with Gasteiger partial charge in [-0.1, -0.05) is 10.3 Å². The SMILES string of the molecule is CC(C)(C)N1C(=O)SC(C)(CCSCCC2(C)SC(=O)N(C(C)(C)C)N2O)N1O. The smallest absolute Gasteiger partial charge is 0.293 e. The monoisotopic (exact) mass is 466 g/mol. The minimum atomic E-state index is -0.703. The molecule has 8 nitrogen and oxygen atoms in total. The molecule has 2 unspecified atom stereocenters. The van der Waals surface area contributed by atoms with E-state index in [2.05, 4.69) is 0 Å². The van der Waals surface area contributed by atoms with Crippen LogP contribution in [-0.2, 0) is 0 Å². The quantitative estimate of drug-likeness (QED) is 0.520. The highest BCUT2D eigenvalue weighted by Crippen LogP contribution is 2.46. The summed E-state index contributed by atoms with van der Waals surface area (Å²) in [6, 6.07) is 0. The third-order valence-corrected chi connectivity index (χ3v) is 8.17. The molecular formula is C18H34N4O4S3. The van der Waals surface area contributed by atoms with Crippen molar-refractivity contribution in [3.05, 3.63) is 0 Å². The number of nitrogens with zero attached hydrogens (tertiary/aromatic N) is 4. The van der Waals surface area contributed by atoms with Crippen molar-refractivity contribution in [2.24, 2.45) is 0 Å². The lowest BCUT2D eigenvalue weighted by Crippen LogP contribution is -2.54. The molecular weight excluding hydrogens is 432 g/mol. The van der Waals surface area contributed by atoms with Crippen molar-refractivity contribution in [1.29, 1.82) is 0 Å². The molecule has 0 spiro atoms. The van der Waals surface area contributed by atoms with Crippen LogP contribution in [0, 0.1) is 0 Å². The summed E-state index contributed by atoms with van der Waals surface area (Å²) in [6.07, 6.45) is 1.24. The van der Waals surface area contributed by atoms with Gasteiger partial charge in [-0.2, -0.15) is 11.8 Å². The van der Waals surface area contributed by atoms with Crippen LogP contribution >= 0.6 is 35.3 Å². The lowest BCUT2D eigenvalue weighted by molar-refractivity contribution is -0.268. The minimum absolute atomic E-state index is 0.154. The Bertz CT molecular complexity index is 600. The van der Waals surface area contributed by atoms with E-state index < -0.39 is 20.8 Å². The predicted molar refractivity (Wildman–Crippen MR) is 120 cm³/mol. The molecule has 0 saturated carbocycles. The molecule has 2 heterocycles. The zero-order valence-corrected chi connectivity index (χ0v) is 21.0. The number of hydroxylamine groups is 2. The van der Waals surface area contributed by atoms with Crippen molar-refractivity contribution in [2.75, 3.05) is 11.5 Å². The minimum Gasteiger partial charge on any atom is -0.293 e. The Morgan fingerprint density at radius 2 is 1.10 bits per heavy atom. The van der Waals surface area contributed by atoms with Crippen LogP contribution in [-0.4, -0.2) is 73.6 Å². The van der Waals surface area contributed by atoms with Gasteiger partial charge in [-0.25, -0.2) is 10.0 Å². The molecule has 2 saturated heterocycles. The number of hydrogen-bond donors (Lipinski definition) is 2. The van der Waals surface area contributed by atoms with E-state index >= 15 is 0 Å². The van der Waals surface area contributed by atoms with Crippen LogP contribution in [0.2, 0.25) is 0 Å². The summed E-state index contributed by atoms with van der Waals surface area (Å²) in [5, 5.41) is 25.8. The average Bonchev–Trinajstić information content (AvgIpc) is 2.88. The van der Waals surface area contributed by atoms with Crippen molar-refractivity contribution >= 4 is 45.8 Å². The summed E-state index contributed by atoms with van der Waals surface area (Å²) in [4.78, 5) is 23.3. The Balaban J connectivity index is 1.86. The normalized spacial score (nSPS) is 30.1. The van der Waals surface area contributed by atoms with Gasteiger partial charge in [-0.05, 0) is 103 Å². The number of thioether (sulfide) groups is 3. The van der Waals surface area contributed by atoms with Gasteiger partial charge in [-0.3, -0.25) is 20.0 Å². The first kappa shape index (κ1) is 25.1. The third-order valence-electron chi connectivity index (χ3n) is 4.88. The maximum atomic E-state index is 12.3. The van der Waals surface area contributed by atoms with Crippen LogP contribution in [0.25, 0.3) is 0 Å². The second kappa shape index (κ2) is 8.40. The van der Waals surface area contributed by atoms with Gasteiger partial charge in [0.05, 0.1) is 11.1 Å². The summed E-state index contributed by atoms with van der Waals surface area (Å²) in [5.41, 5.74) is -0.984. The van der Waals surface area contributed by atoms with Gasteiger partial charge in [0.25, 0.3) is 10.5 Å². The molecule has 29 heavy (non-hydrogen) atoms. The van der Waals surface area contributed by atoms with Crippen LogP contribution in [0.15, 0.2) is 0 Å². The maximum Gasteiger partial charge on any atom is 0.300 e. The van der Waals surface area contributed by atoms with E-state index in [0.29, 0.717) is 12.8 Å². The number of carbonyl (C=O) groups excluding carboxylic acids is 2. The standard InChI is InChI=1S/C18H34N4O4S3/c1-15(2,3)19-13(23)28-17(7,21(19)25)9-11-27-12-10-18(8)22(26)20(14(24)29-18)16(4,5)6/h25-26H,9-12H2,1-8H3. The molecule has 0 aromatic heterocycles. The maximum absolute atomic E-state index is 12.3. The highest BCUT2D eigenvalue weighted by Gasteiger charge is 2.52. The fourth-order valence-corrected chi connectivity index (χ4v) is 7.07. The fraction of sp³-hybridized carbons (Fsp3) is 0.889. The van der Waals surface area contributed by atoms with E-state index in [1.165, 1.54) is 10.0 Å². The Kier molecular flexibility index (Phi) is 7.27. The Hall–Kier alpha value is -0.170. The van der Waals surface area contributed by atoms with Gasteiger partial charge in [0.1, 0.15) is 9.74 Å². The second-order valence-electron chi connectivity index (χ2n) is 9.74. The number of amides is 2. The summed E-state index contributed by atoms with van der Waals surface area (Å²) >= 11 is 3.97. The van der Waals surface area contributed by atoms with Crippen LogP contribution in [0.4, 0.5) is 9.59 Å². The molecule has 2 N–H and O–H groups in total. The predicted octanol–water partition coefficient (Wildman–Crippen LogP) is 5.08.